The molecule has 2 amide bonds. The lowest BCUT2D eigenvalue weighted by Crippen LogP contribution is -2.52. The summed E-state index contributed by atoms with van der Waals surface area (Å²) < 4.78 is 49.4. The average molecular weight is 629 g/mol. The van der Waals surface area contributed by atoms with Gasteiger partial charge in [-0.15, -0.1) is 0 Å². The number of ether oxygens (including phenoxy) is 1. The molecule has 3 aliphatic rings. The monoisotopic (exact) mass is 628 g/mol. The maximum absolute atomic E-state index is 14.3. The van der Waals surface area contributed by atoms with Crippen LogP contribution in [-0.4, -0.2) is 62.5 Å². The summed E-state index contributed by atoms with van der Waals surface area (Å²) in [6, 6.07) is 0.135. The van der Waals surface area contributed by atoms with Crippen LogP contribution in [0.4, 0.5) is 13.2 Å². The van der Waals surface area contributed by atoms with Gasteiger partial charge in [0.15, 0.2) is 17.0 Å². The van der Waals surface area contributed by atoms with Gasteiger partial charge in [0.05, 0.1) is 12.6 Å². The molecule has 1 spiro atoms. The molecule has 3 atom stereocenters. The highest BCUT2D eigenvalue weighted by Crippen LogP contribution is 2.46. The summed E-state index contributed by atoms with van der Waals surface area (Å²) in [4.78, 5) is 48.9. The second kappa shape index (κ2) is 12.2. The summed E-state index contributed by atoms with van der Waals surface area (Å²) >= 11 is 0. The van der Waals surface area contributed by atoms with Gasteiger partial charge in [-0.2, -0.15) is 0 Å². The van der Waals surface area contributed by atoms with E-state index in [0.717, 1.165) is 6.42 Å². The van der Waals surface area contributed by atoms with Crippen LogP contribution in [0.3, 0.4) is 0 Å². The van der Waals surface area contributed by atoms with E-state index in [0.29, 0.717) is 37.1 Å². The van der Waals surface area contributed by atoms with Crippen molar-refractivity contribution in [2.24, 2.45) is 5.16 Å². The van der Waals surface area contributed by atoms with Gasteiger partial charge in [-0.25, -0.2) is 13.2 Å². The van der Waals surface area contributed by atoms with Gasteiger partial charge in [0, 0.05) is 49.4 Å². The fourth-order valence-electron chi connectivity index (χ4n) is 5.85. The van der Waals surface area contributed by atoms with Gasteiger partial charge in [-0.3, -0.25) is 14.4 Å². The lowest BCUT2D eigenvalue weighted by Gasteiger charge is -2.42. The molecule has 1 aromatic heterocycles. The summed E-state index contributed by atoms with van der Waals surface area (Å²) in [5, 5.41) is 16.6. The molecule has 2 aromatic rings. The number of aliphatic hydroxyl groups is 1. The van der Waals surface area contributed by atoms with Crippen molar-refractivity contribution in [3.63, 3.8) is 0 Å². The van der Waals surface area contributed by atoms with Crippen molar-refractivity contribution in [1.82, 2.24) is 14.8 Å². The third kappa shape index (κ3) is 6.29. The fraction of sp³-hybridized carbons (Fsp3) is 0.500. The molecule has 2 bridgehead atoms. The first-order valence-electron chi connectivity index (χ1n) is 14.9. The Morgan fingerprint density at radius 2 is 1.98 bits per heavy atom. The van der Waals surface area contributed by atoms with Crippen molar-refractivity contribution in [1.29, 1.82) is 0 Å². The minimum Gasteiger partial charge on any atom is -0.487 e. The maximum atomic E-state index is 14.3. The Morgan fingerprint density at radius 1 is 1.27 bits per heavy atom. The predicted octanol–water partition coefficient (Wildman–Crippen LogP) is 3.84. The topological polar surface area (TPSA) is 122 Å². The number of hydrogen-bond donors (Lipinski definition) is 2. The number of rotatable bonds is 7. The maximum Gasteiger partial charge on any atom is 0.274 e. The SMILES string of the molecule is CCCCOc1c2n(cc(C(=O)NCc3c(F)cc(F)cc3F)c1=O)[C@@H]1CN(C2=O)[C@@H](C)CC[C@]12CC(C#CC(C)(C)O)=NO2. The number of aromatic nitrogens is 1. The van der Waals surface area contributed by atoms with Crippen molar-refractivity contribution in [3.8, 4) is 17.6 Å². The molecular formula is C32H35F3N4O6. The Kier molecular flexibility index (Phi) is 8.72. The van der Waals surface area contributed by atoms with Crippen LogP contribution in [-0.2, 0) is 11.4 Å². The second-order valence-corrected chi connectivity index (χ2v) is 12.2. The predicted molar refractivity (Wildman–Crippen MR) is 157 cm³/mol. The largest absolute Gasteiger partial charge is 0.487 e. The number of unbranched alkanes of at least 4 members (excludes halogenated alkanes) is 1. The van der Waals surface area contributed by atoms with Gasteiger partial charge in [0.1, 0.15) is 34.3 Å². The Balaban J connectivity index is 1.59. The van der Waals surface area contributed by atoms with Gasteiger partial charge in [0.2, 0.25) is 5.43 Å². The van der Waals surface area contributed by atoms with Crippen LogP contribution in [0, 0.1) is 29.3 Å². The highest BCUT2D eigenvalue weighted by atomic mass is 19.1. The quantitative estimate of drug-likeness (QED) is 0.355. The number of nitrogens with zero attached hydrogens (tertiary/aromatic N) is 3. The van der Waals surface area contributed by atoms with E-state index in [2.05, 4.69) is 22.3 Å². The van der Waals surface area contributed by atoms with Gasteiger partial charge in [-0.1, -0.05) is 24.4 Å². The molecule has 13 heteroatoms. The number of benzene rings is 1. The van der Waals surface area contributed by atoms with Gasteiger partial charge in [-0.05, 0) is 46.0 Å². The van der Waals surface area contributed by atoms with Crippen LogP contribution in [0.5, 0.6) is 5.75 Å². The number of carbonyl (C=O) groups excluding carboxylic acids is 2. The summed E-state index contributed by atoms with van der Waals surface area (Å²) in [6.45, 7) is 6.53. The first kappa shape index (κ1) is 32.1. The number of amides is 2. The molecule has 4 heterocycles. The van der Waals surface area contributed by atoms with Crippen LogP contribution in [0.25, 0.3) is 0 Å². The second-order valence-electron chi connectivity index (χ2n) is 12.2. The van der Waals surface area contributed by atoms with Gasteiger partial charge >= 0.3 is 0 Å². The van der Waals surface area contributed by atoms with Crippen molar-refractivity contribution in [2.45, 2.75) is 89.6 Å². The molecule has 1 saturated heterocycles. The molecule has 2 N–H and O–H groups in total. The number of nitrogens with one attached hydrogen (secondary N) is 1. The van der Waals surface area contributed by atoms with E-state index < -0.39 is 69.6 Å². The van der Waals surface area contributed by atoms with Crippen molar-refractivity contribution < 1.29 is 37.4 Å². The zero-order valence-electron chi connectivity index (χ0n) is 25.5. The third-order valence-electron chi connectivity index (χ3n) is 8.32. The molecular weight excluding hydrogens is 593 g/mol. The lowest BCUT2D eigenvalue weighted by molar-refractivity contribution is -0.0656. The number of halogens is 3. The Morgan fingerprint density at radius 3 is 2.64 bits per heavy atom. The summed E-state index contributed by atoms with van der Waals surface area (Å²) in [7, 11) is 0. The van der Waals surface area contributed by atoms with E-state index >= 15 is 0 Å². The molecule has 0 saturated carbocycles. The molecule has 1 fully saturated rings. The van der Waals surface area contributed by atoms with E-state index in [4.69, 9.17) is 9.57 Å². The van der Waals surface area contributed by atoms with Crippen LogP contribution >= 0.6 is 0 Å². The average Bonchev–Trinajstić information content (AvgIpc) is 3.34. The van der Waals surface area contributed by atoms with E-state index in [1.807, 2.05) is 13.8 Å². The highest BCUT2D eigenvalue weighted by molar-refractivity contribution is 6.02. The van der Waals surface area contributed by atoms with Crippen LogP contribution < -0.4 is 15.5 Å². The lowest BCUT2D eigenvalue weighted by atomic mass is 9.84. The van der Waals surface area contributed by atoms with E-state index in [1.165, 1.54) is 10.8 Å². The minimum absolute atomic E-state index is 0.0349. The van der Waals surface area contributed by atoms with E-state index in [1.54, 1.807) is 18.7 Å². The zero-order chi connectivity index (χ0) is 32.7. The Hall–Kier alpha value is -4.31. The minimum atomic E-state index is -1.26. The van der Waals surface area contributed by atoms with E-state index in [9.17, 15) is 32.7 Å². The Bertz CT molecular complexity index is 1670. The molecule has 1 aromatic carbocycles. The molecule has 45 heavy (non-hydrogen) atoms. The molecule has 240 valence electrons. The smallest absolute Gasteiger partial charge is 0.274 e. The Labute approximate surface area is 258 Å². The normalized spacial score (nSPS) is 22.2. The van der Waals surface area contributed by atoms with Crippen molar-refractivity contribution in [2.75, 3.05) is 13.2 Å². The standard InChI is InChI=1S/C32H35F3N4O6/c1-5-6-11-44-28-26-30(42)38-17-25(32(10-7-18(38)2)14-20(37-45-32)8-9-31(3,4)43)39(26)16-22(27(28)40)29(41)36-15-21-23(34)12-19(33)13-24(21)35/h12-13,16,18,25,43H,5-7,10-11,14-15,17H2,1-4H3,(H,36,41)/t18-,25+,32-/m0/s1. The van der Waals surface area contributed by atoms with Crippen molar-refractivity contribution >= 4 is 17.5 Å². The van der Waals surface area contributed by atoms with Crippen LogP contribution in [0.15, 0.2) is 28.3 Å². The van der Waals surface area contributed by atoms with Gasteiger partial charge < -0.3 is 29.5 Å². The van der Waals surface area contributed by atoms with Gasteiger partial charge in [0.25, 0.3) is 11.8 Å². The number of hydrogen-bond acceptors (Lipinski definition) is 7. The summed E-state index contributed by atoms with van der Waals surface area (Å²) in [5.74, 6) is 0.393. The highest BCUT2D eigenvalue weighted by Gasteiger charge is 2.54. The number of oxime groups is 1. The molecule has 0 aliphatic carbocycles. The molecule has 3 aliphatic heterocycles. The number of fused-ring (bicyclic) bond motifs is 5. The molecule has 5 rings (SSSR count). The molecule has 0 unspecified atom stereocenters. The fourth-order valence-corrected chi connectivity index (χ4v) is 5.85. The number of pyridine rings is 1. The van der Waals surface area contributed by atoms with Crippen molar-refractivity contribution in [3.05, 3.63) is 62.8 Å². The zero-order valence-corrected chi connectivity index (χ0v) is 25.5. The first-order chi connectivity index (χ1) is 21.2. The molecule has 10 nitrogen and oxygen atoms in total. The summed E-state index contributed by atoms with van der Waals surface area (Å²) in [6.07, 6.45) is 3.82. The van der Waals surface area contributed by atoms with Crippen LogP contribution in [0.2, 0.25) is 0 Å². The summed E-state index contributed by atoms with van der Waals surface area (Å²) in [5.41, 5.74) is -3.76. The third-order valence-corrected chi connectivity index (χ3v) is 8.32. The van der Waals surface area contributed by atoms with E-state index in [-0.39, 0.29) is 37.1 Å². The first-order valence-corrected chi connectivity index (χ1v) is 14.9. The molecule has 0 radical (unpaired) electrons. The number of carbonyl (C=O) groups is 2. The van der Waals surface area contributed by atoms with Crippen LogP contribution in [0.1, 0.15) is 92.3 Å².